The van der Waals surface area contributed by atoms with E-state index in [0.717, 1.165) is 21.4 Å². The van der Waals surface area contributed by atoms with E-state index in [1.54, 1.807) is 14.2 Å². The van der Waals surface area contributed by atoms with Crippen molar-refractivity contribution < 1.29 is 9.47 Å². The average molecular weight is 453 g/mol. The molecule has 0 unspecified atom stereocenters. The molecule has 6 heteroatoms. The number of nitrogens with zero attached hydrogens (tertiary/aromatic N) is 1. The van der Waals surface area contributed by atoms with Crippen molar-refractivity contribution in [2.24, 2.45) is 4.30 Å². The van der Waals surface area contributed by atoms with E-state index in [2.05, 4.69) is 71.0 Å². The van der Waals surface area contributed by atoms with Gasteiger partial charge in [0.2, 0.25) is 0 Å². The fourth-order valence-electron chi connectivity index (χ4n) is 2.79. The van der Waals surface area contributed by atoms with Crippen molar-refractivity contribution in [2.45, 2.75) is 0 Å². The van der Waals surface area contributed by atoms with Gasteiger partial charge in [-0.3, -0.25) is 0 Å². The zero-order chi connectivity index (χ0) is 20.4. The Morgan fingerprint density at radius 2 is 1.21 bits per heavy atom. The maximum atomic E-state index is 5.26. The molecule has 0 aliphatic carbocycles. The molecule has 0 fully saturated rings. The Morgan fingerprint density at radius 3 is 1.86 bits per heavy atom. The number of ether oxygens (including phenoxy) is 2. The number of hydrogen-bond donors (Lipinski definition) is 1. The summed E-state index contributed by atoms with van der Waals surface area (Å²) in [5, 5.41) is 4.71. The van der Waals surface area contributed by atoms with Crippen LogP contribution < -0.4 is 9.47 Å². The number of halogens is 1. The summed E-state index contributed by atoms with van der Waals surface area (Å²) >= 11 is 6.70. The second-order valence-corrected chi connectivity index (χ2v) is 6.68. The first kappa shape index (κ1) is 22.0. The average Bonchev–Trinajstić information content (AvgIpc) is 2.75. The summed E-state index contributed by atoms with van der Waals surface area (Å²) < 4.78 is 14.3. The van der Waals surface area contributed by atoms with Gasteiger partial charge in [0.05, 0.1) is 14.2 Å². The minimum absolute atomic E-state index is 0.916. The molecule has 0 aliphatic heterocycles. The van der Waals surface area contributed by atoms with Crippen LogP contribution in [0, 0.1) is 0 Å². The first-order valence-corrected chi connectivity index (χ1v) is 9.62. The first-order valence-electron chi connectivity index (χ1n) is 8.43. The van der Waals surface area contributed by atoms with Gasteiger partial charge in [-0.15, -0.1) is 0 Å². The number of methoxy groups -OCH3 is 2. The molecule has 141 valence electrons. The van der Waals surface area contributed by atoms with Gasteiger partial charge in [-0.05, 0) is 29.0 Å². The molecule has 0 bridgehead atoms. The summed E-state index contributed by atoms with van der Waals surface area (Å²) in [4.78, 5) is 0. The van der Waals surface area contributed by atoms with Crippen LogP contribution in [-0.2, 0) is 0 Å². The summed E-state index contributed by atoms with van der Waals surface area (Å²) in [5.74, 6) is 1.85. The second-order valence-electron chi connectivity index (χ2n) is 5.59. The van der Waals surface area contributed by atoms with Crippen LogP contribution in [0.25, 0.3) is 21.5 Å². The van der Waals surface area contributed by atoms with E-state index in [0.29, 0.717) is 0 Å². The Morgan fingerprint density at radius 1 is 0.714 bits per heavy atom. The molecule has 1 radical (unpaired) electrons. The normalized spacial score (nSPS) is 9.54. The number of thiol groups is 1. The van der Waals surface area contributed by atoms with Crippen molar-refractivity contribution in [3.63, 3.8) is 0 Å². The third-order valence-corrected chi connectivity index (χ3v) is 4.71. The quantitative estimate of drug-likeness (QED) is 0.273. The van der Waals surface area contributed by atoms with Crippen molar-refractivity contribution in [1.82, 2.24) is 0 Å². The summed E-state index contributed by atoms with van der Waals surface area (Å²) in [6, 6.07) is 26.4. The summed E-state index contributed by atoms with van der Waals surface area (Å²) in [6.45, 7) is 0. The van der Waals surface area contributed by atoms with E-state index in [1.807, 2.05) is 48.5 Å². The Bertz CT molecular complexity index is 1050. The zero-order valence-electron chi connectivity index (χ0n) is 15.7. The van der Waals surface area contributed by atoms with Crippen LogP contribution in [0.3, 0.4) is 0 Å². The molecular weight excluding hydrogens is 433 g/mol. The Kier molecular flexibility index (Phi) is 9.05. The number of benzene rings is 4. The van der Waals surface area contributed by atoms with Crippen LogP contribution in [0.15, 0.2) is 87.6 Å². The van der Waals surface area contributed by atoms with E-state index in [9.17, 15) is 0 Å². The van der Waals surface area contributed by atoms with Crippen molar-refractivity contribution in [1.29, 1.82) is 0 Å². The number of fused-ring (bicyclic) bond motifs is 2. The molecule has 0 saturated heterocycles. The molecule has 0 aliphatic rings. The molecule has 4 aromatic carbocycles. The third kappa shape index (κ3) is 5.60. The molecule has 0 amide bonds. The Labute approximate surface area is 180 Å². The van der Waals surface area contributed by atoms with Crippen LogP contribution in [0.4, 0.5) is 0 Å². The predicted molar refractivity (Wildman–Crippen MR) is 126 cm³/mol. The topological polar surface area (TPSA) is 30.8 Å². The van der Waals surface area contributed by atoms with E-state index in [4.69, 9.17) is 9.47 Å². The van der Waals surface area contributed by atoms with Crippen molar-refractivity contribution in [3.05, 3.63) is 83.3 Å². The number of rotatable bonds is 2. The molecule has 0 spiro atoms. The van der Waals surface area contributed by atoms with Crippen LogP contribution in [0.2, 0.25) is 0 Å². The summed E-state index contributed by atoms with van der Waals surface area (Å²) in [7, 11) is 7.72. The zero-order valence-corrected chi connectivity index (χ0v) is 18.2. The Hall–Kier alpha value is -2.31. The minimum atomic E-state index is 0.916. The van der Waals surface area contributed by atoms with Gasteiger partial charge in [-0.25, -0.2) is 0 Å². The van der Waals surface area contributed by atoms with Gasteiger partial charge in [0.25, 0.3) is 0 Å². The SMILES string of the molecule is COc1ccc(Br)c2ccccc12.COc1cccc2ccccc12.[B]=NS. The van der Waals surface area contributed by atoms with Crippen molar-refractivity contribution in [2.75, 3.05) is 14.2 Å². The second kappa shape index (κ2) is 11.5. The number of hydrogen-bond acceptors (Lipinski definition) is 4. The van der Waals surface area contributed by atoms with Gasteiger partial charge in [-0.2, -0.15) is 0 Å². The molecule has 4 rings (SSSR count). The molecule has 0 aromatic heterocycles. The molecule has 3 nitrogen and oxygen atoms in total. The molecule has 0 N–H and O–H groups in total. The monoisotopic (exact) mass is 452 g/mol. The molecule has 4 aromatic rings. The molecule has 0 atom stereocenters. The van der Waals surface area contributed by atoms with Crippen LogP contribution >= 0.6 is 28.7 Å². The summed E-state index contributed by atoms with van der Waals surface area (Å²) in [6.07, 6.45) is 0. The van der Waals surface area contributed by atoms with Gasteiger partial charge >= 0.3 is 24.8 Å². The first-order chi connectivity index (χ1) is 13.7. The standard InChI is InChI=1S/C11H9BrO.C11H10O.BHNS/c1-13-11-7-6-10(12)8-4-2-3-5-9(8)11;1-12-11-8-4-6-9-5-2-3-7-10(9)11;1-2-3/h2-7H,1H3;2-8H,1H3;3H. The van der Waals surface area contributed by atoms with Crippen LogP contribution in [0.1, 0.15) is 0 Å². The molecule has 0 saturated carbocycles. The van der Waals surface area contributed by atoms with Crippen molar-refractivity contribution in [3.8, 4) is 11.5 Å². The van der Waals surface area contributed by atoms with E-state index < -0.39 is 0 Å². The van der Waals surface area contributed by atoms with Crippen LogP contribution in [0.5, 0.6) is 11.5 Å². The third-order valence-electron chi connectivity index (χ3n) is 4.02. The Balaban J connectivity index is 0.000000176. The molecule has 28 heavy (non-hydrogen) atoms. The van der Waals surface area contributed by atoms with Gasteiger partial charge in [0.1, 0.15) is 11.5 Å². The van der Waals surface area contributed by atoms with Gasteiger partial charge in [0, 0.05) is 15.2 Å². The fraction of sp³-hybridized carbons (Fsp3) is 0.0909. The van der Waals surface area contributed by atoms with Crippen LogP contribution in [-0.4, -0.2) is 21.9 Å². The molecular formula is C22H20BBrNO2S. The van der Waals surface area contributed by atoms with Gasteiger partial charge in [-0.1, -0.05) is 76.6 Å². The summed E-state index contributed by atoms with van der Waals surface area (Å²) in [5.41, 5.74) is 0. The van der Waals surface area contributed by atoms with E-state index in [-0.39, 0.29) is 0 Å². The van der Waals surface area contributed by atoms with Gasteiger partial charge < -0.3 is 9.47 Å². The fourth-order valence-corrected chi connectivity index (χ4v) is 3.26. The van der Waals surface area contributed by atoms with E-state index in [1.165, 1.54) is 16.2 Å². The predicted octanol–water partition coefficient (Wildman–Crippen LogP) is 6.64. The van der Waals surface area contributed by atoms with Gasteiger partial charge in [0.15, 0.2) is 0 Å². The molecule has 0 heterocycles. The maximum absolute atomic E-state index is 5.26. The van der Waals surface area contributed by atoms with Crippen molar-refractivity contribution >= 4 is 57.9 Å². The van der Waals surface area contributed by atoms with E-state index >= 15 is 0 Å².